The molecular weight excluding hydrogens is 376 g/mol. The normalized spacial score (nSPS) is 19.1. The fourth-order valence-electron chi connectivity index (χ4n) is 6.49. The average Bonchev–Trinajstić information content (AvgIpc) is 3.34. The summed E-state index contributed by atoms with van der Waals surface area (Å²) in [5, 5.41) is 2.50. The first kappa shape index (κ1) is 17.4. The molecule has 1 heterocycles. The predicted octanol–water partition coefficient (Wildman–Crippen LogP) is 7.36. The summed E-state index contributed by atoms with van der Waals surface area (Å²) in [5.41, 5.74) is 6.27. The molecule has 1 saturated carbocycles. The summed E-state index contributed by atoms with van der Waals surface area (Å²) in [6.45, 7) is 0. The van der Waals surface area contributed by atoms with Crippen LogP contribution >= 0.6 is 0 Å². The van der Waals surface area contributed by atoms with Crippen molar-refractivity contribution in [1.82, 2.24) is 0 Å². The van der Waals surface area contributed by atoms with Crippen LogP contribution < -0.4 is 4.74 Å². The Morgan fingerprint density at radius 2 is 1.23 bits per heavy atom. The molecule has 7 rings (SSSR count). The van der Waals surface area contributed by atoms with Crippen molar-refractivity contribution >= 4 is 16.8 Å². The van der Waals surface area contributed by atoms with E-state index < -0.39 is 5.60 Å². The summed E-state index contributed by atoms with van der Waals surface area (Å²) in [7, 11) is 0. The van der Waals surface area contributed by atoms with E-state index in [4.69, 9.17) is 4.74 Å². The molecule has 2 aliphatic carbocycles. The zero-order chi connectivity index (χ0) is 20.5. The Kier molecular flexibility index (Phi) is 3.42. The molecule has 0 saturated heterocycles. The summed E-state index contributed by atoms with van der Waals surface area (Å²) in [5.74, 6) is 0.966. The molecule has 31 heavy (non-hydrogen) atoms. The minimum absolute atomic E-state index is 0.124. The van der Waals surface area contributed by atoms with Crippen LogP contribution in [0.5, 0.6) is 5.75 Å². The molecule has 0 amide bonds. The topological polar surface area (TPSA) is 9.23 Å². The molecule has 1 nitrogen and oxygen atoms in total. The molecule has 3 aliphatic rings. The molecule has 2 spiro atoms. The molecule has 150 valence electrons. The Hall–Kier alpha value is -3.32. The number of hydrogen-bond acceptors (Lipinski definition) is 1. The van der Waals surface area contributed by atoms with E-state index in [0.717, 1.165) is 5.75 Å². The Morgan fingerprint density at radius 1 is 0.613 bits per heavy atom. The van der Waals surface area contributed by atoms with Crippen molar-refractivity contribution in [3.63, 3.8) is 0 Å². The third-order valence-electron chi connectivity index (χ3n) is 7.83. The number of ether oxygens (including phenoxy) is 1. The lowest BCUT2D eigenvalue weighted by Gasteiger charge is -2.48. The maximum atomic E-state index is 7.04. The van der Waals surface area contributed by atoms with Crippen molar-refractivity contribution in [3.05, 3.63) is 119 Å². The minimum Gasteiger partial charge on any atom is -0.473 e. The highest BCUT2D eigenvalue weighted by molar-refractivity contribution is 5.94. The van der Waals surface area contributed by atoms with E-state index in [9.17, 15) is 0 Å². The predicted molar refractivity (Wildman–Crippen MR) is 127 cm³/mol. The van der Waals surface area contributed by atoms with Crippen LogP contribution in [0.3, 0.4) is 0 Å². The maximum Gasteiger partial charge on any atom is 0.178 e. The first-order chi connectivity index (χ1) is 15.3. The fourth-order valence-corrected chi connectivity index (χ4v) is 6.49. The van der Waals surface area contributed by atoms with E-state index in [-0.39, 0.29) is 5.41 Å². The Morgan fingerprint density at radius 3 is 1.94 bits per heavy atom. The molecule has 0 aromatic heterocycles. The second-order valence-electron chi connectivity index (χ2n) is 9.25. The molecule has 4 aromatic carbocycles. The monoisotopic (exact) mass is 400 g/mol. The van der Waals surface area contributed by atoms with Gasteiger partial charge < -0.3 is 4.74 Å². The summed E-state index contributed by atoms with van der Waals surface area (Å²) in [6.07, 6.45) is 9.63. The molecule has 4 aromatic rings. The zero-order valence-corrected chi connectivity index (χ0v) is 17.5. The summed E-state index contributed by atoms with van der Waals surface area (Å²) in [6, 6.07) is 30.9. The summed E-state index contributed by atoms with van der Waals surface area (Å²) < 4.78 is 7.04. The second-order valence-corrected chi connectivity index (χ2v) is 9.25. The van der Waals surface area contributed by atoms with Gasteiger partial charge >= 0.3 is 0 Å². The highest BCUT2D eigenvalue weighted by Gasteiger charge is 2.52. The molecule has 0 N–H and O–H groups in total. The van der Waals surface area contributed by atoms with E-state index >= 15 is 0 Å². The van der Waals surface area contributed by atoms with E-state index in [1.807, 2.05) is 0 Å². The molecule has 0 unspecified atom stereocenters. The highest BCUT2D eigenvalue weighted by Crippen LogP contribution is 2.58. The van der Waals surface area contributed by atoms with Crippen molar-refractivity contribution in [3.8, 4) is 5.75 Å². The highest BCUT2D eigenvalue weighted by atomic mass is 16.5. The van der Waals surface area contributed by atoms with Gasteiger partial charge in [-0.1, -0.05) is 91.7 Å². The Labute approximate surface area is 183 Å². The van der Waals surface area contributed by atoms with Crippen LogP contribution in [-0.4, -0.2) is 0 Å². The molecule has 1 fully saturated rings. The van der Waals surface area contributed by atoms with Crippen LogP contribution in [0, 0.1) is 0 Å². The number of hydrogen-bond donors (Lipinski definition) is 0. The van der Waals surface area contributed by atoms with Crippen LogP contribution in [0.4, 0.5) is 0 Å². The van der Waals surface area contributed by atoms with Gasteiger partial charge in [0.05, 0.1) is 0 Å². The number of rotatable bonds is 0. The lowest BCUT2D eigenvalue weighted by molar-refractivity contribution is 0.150. The third-order valence-corrected chi connectivity index (χ3v) is 7.83. The Balaban J connectivity index is 1.52. The second kappa shape index (κ2) is 6.11. The van der Waals surface area contributed by atoms with Gasteiger partial charge in [-0.05, 0) is 53.0 Å². The van der Waals surface area contributed by atoms with Gasteiger partial charge in [-0.15, -0.1) is 0 Å². The van der Waals surface area contributed by atoms with Gasteiger partial charge in [0.1, 0.15) is 5.75 Å². The van der Waals surface area contributed by atoms with E-state index in [1.54, 1.807) is 0 Å². The lowest BCUT2D eigenvalue weighted by Crippen LogP contribution is -2.44. The van der Waals surface area contributed by atoms with Crippen LogP contribution in [0.2, 0.25) is 0 Å². The van der Waals surface area contributed by atoms with Crippen molar-refractivity contribution in [2.24, 2.45) is 0 Å². The number of benzene rings is 4. The van der Waals surface area contributed by atoms with Gasteiger partial charge in [0.2, 0.25) is 0 Å². The molecule has 0 atom stereocenters. The largest absolute Gasteiger partial charge is 0.473 e. The van der Waals surface area contributed by atoms with Crippen LogP contribution in [0.15, 0.2) is 91.0 Å². The van der Waals surface area contributed by atoms with Gasteiger partial charge in [-0.25, -0.2) is 0 Å². The van der Waals surface area contributed by atoms with Crippen LogP contribution in [0.25, 0.3) is 16.8 Å². The smallest absolute Gasteiger partial charge is 0.178 e. The lowest BCUT2D eigenvalue weighted by atomic mass is 9.60. The Bertz CT molecular complexity index is 1320. The standard InChI is InChI=1S/C30H24O/c1-2-10-22-21(9-1)15-16-28-23(22)17-20-30(31-28)26-13-5-3-11-24(26)29(18-7-8-19-29)25-12-4-6-14-27(25)30/h1-6,9-17,20H,7-8,18-19H2. The average molecular weight is 401 g/mol. The van der Waals surface area contributed by atoms with Crippen LogP contribution in [-0.2, 0) is 11.0 Å². The van der Waals surface area contributed by atoms with Crippen molar-refractivity contribution in [1.29, 1.82) is 0 Å². The van der Waals surface area contributed by atoms with Crippen molar-refractivity contribution in [2.75, 3.05) is 0 Å². The molecule has 1 aliphatic heterocycles. The summed E-state index contributed by atoms with van der Waals surface area (Å²) in [4.78, 5) is 0. The van der Waals surface area contributed by atoms with Crippen molar-refractivity contribution < 1.29 is 4.74 Å². The first-order valence-corrected chi connectivity index (χ1v) is 11.4. The molecule has 0 bridgehead atoms. The fraction of sp³-hybridized carbons (Fsp3) is 0.200. The van der Waals surface area contributed by atoms with Gasteiger partial charge in [0, 0.05) is 22.1 Å². The third kappa shape index (κ3) is 2.16. The quantitative estimate of drug-likeness (QED) is 0.299. The zero-order valence-electron chi connectivity index (χ0n) is 17.5. The van der Waals surface area contributed by atoms with E-state index in [0.29, 0.717) is 0 Å². The summed E-state index contributed by atoms with van der Waals surface area (Å²) >= 11 is 0. The molecule has 0 radical (unpaired) electrons. The van der Waals surface area contributed by atoms with Gasteiger partial charge in [0.25, 0.3) is 0 Å². The first-order valence-electron chi connectivity index (χ1n) is 11.4. The van der Waals surface area contributed by atoms with Gasteiger partial charge in [0.15, 0.2) is 5.60 Å². The van der Waals surface area contributed by atoms with Gasteiger partial charge in [-0.2, -0.15) is 0 Å². The molecule has 1 heteroatoms. The van der Waals surface area contributed by atoms with Gasteiger partial charge in [-0.3, -0.25) is 0 Å². The number of fused-ring (bicyclic) bond motifs is 9. The molecular formula is C30H24O. The maximum absolute atomic E-state index is 7.04. The minimum atomic E-state index is -0.573. The van der Waals surface area contributed by atoms with E-state index in [1.165, 1.54) is 64.3 Å². The SMILES string of the molecule is C1=CC2(Oc3ccc4ccccc4c31)c1ccccc1C1(CCCC1)c1ccccc12. The van der Waals surface area contributed by atoms with E-state index in [2.05, 4.69) is 97.1 Å². The van der Waals surface area contributed by atoms with Crippen molar-refractivity contribution in [2.45, 2.75) is 36.7 Å². The van der Waals surface area contributed by atoms with Crippen LogP contribution in [0.1, 0.15) is 53.5 Å².